The molecule has 1 aliphatic rings. The smallest absolute Gasteiger partial charge is 0.334 e. The van der Waals surface area contributed by atoms with Crippen molar-refractivity contribution in [2.24, 2.45) is 0 Å². The molecule has 0 unspecified atom stereocenters. The lowest BCUT2D eigenvalue weighted by molar-refractivity contribution is 0.175. The molecule has 0 aliphatic carbocycles. The van der Waals surface area contributed by atoms with Gasteiger partial charge in [-0.15, -0.1) is 0 Å². The van der Waals surface area contributed by atoms with Crippen LogP contribution in [-0.2, 0) is 8.85 Å². The molecule has 0 amide bonds. The van der Waals surface area contributed by atoms with Crippen molar-refractivity contribution in [1.29, 1.82) is 0 Å². The maximum atomic E-state index is 5.61. The van der Waals surface area contributed by atoms with E-state index >= 15 is 0 Å². The number of rotatable bonds is 10. The molecule has 1 heterocycles. The molecular formula is C19H44N2O2Si2. The number of hydrogen-bond acceptors (Lipinski definition) is 4. The zero-order valence-electron chi connectivity index (χ0n) is 18.4. The van der Waals surface area contributed by atoms with Crippen molar-refractivity contribution in [2.75, 3.05) is 46.9 Å². The van der Waals surface area contributed by atoms with E-state index in [1.807, 2.05) is 0 Å². The van der Waals surface area contributed by atoms with Gasteiger partial charge in [-0.2, -0.15) is 0 Å². The van der Waals surface area contributed by atoms with E-state index in [-0.39, 0.29) is 0 Å². The van der Waals surface area contributed by atoms with Crippen LogP contribution in [0, 0.1) is 0 Å². The lowest BCUT2D eigenvalue weighted by atomic mass is 10.3. The van der Waals surface area contributed by atoms with E-state index < -0.39 is 16.8 Å². The number of hydrogen-bond donors (Lipinski definition) is 0. The minimum atomic E-state index is -1.90. The first-order valence-corrected chi connectivity index (χ1v) is 14.9. The van der Waals surface area contributed by atoms with Crippen LogP contribution in [0.5, 0.6) is 0 Å². The zero-order chi connectivity index (χ0) is 19.3. The van der Waals surface area contributed by atoms with Crippen LogP contribution in [0.4, 0.5) is 0 Å². The van der Waals surface area contributed by atoms with E-state index in [9.17, 15) is 0 Å². The fourth-order valence-electron chi connectivity index (χ4n) is 5.37. The second-order valence-corrected chi connectivity index (χ2v) is 18.3. The third-order valence-electron chi connectivity index (χ3n) is 6.66. The Labute approximate surface area is 159 Å². The molecule has 1 fully saturated rings. The summed E-state index contributed by atoms with van der Waals surface area (Å²) in [6.07, 6.45) is 1.19. The van der Waals surface area contributed by atoms with E-state index in [0.717, 1.165) is 22.7 Å². The standard InChI is InChI=1S/C19H44N2O2Si2/c1-17(2)25(18(3)4,19(5)6)21-14-12-20(13-15-21)11-10-16-24(9,22-7)23-8/h17-19H,10-16H2,1-9H3. The van der Waals surface area contributed by atoms with Gasteiger partial charge in [0.15, 0.2) is 0 Å². The van der Waals surface area contributed by atoms with E-state index in [4.69, 9.17) is 8.85 Å². The highest BCUT2D eigenvalue weighted by Gasteiger charge is 2.48. The molecule has 0 radical (unpaired) electrons. The van der Waals surface area contributed by atoms with Crippen LogP contribution >= 0.6 is 0 Å². The third-order valence-corrected chi connectivity index (χ3v) is 16.7. The molecule has 4 nitrogen and oxygen atoms in total. The fourth-order valence-corrected chi connectivity index (χ4v) is 13.9. The molecule has 0 N–H and O–H groups in total. The maximum absolute atomic E-state index is 5.61. The van der Waals surface area contributed by atoms with Gasteiger partial charge in [0.05, 0.1) is 0 Å². The highest BCUT2D eigenvalue weighted by Crippen LogP contribution is 2.44. The number of nitrogens with zero attached hydrogens (tertiary/aromatic N) is 2. The number of piperazine rings is 1. The summed E-state index contributed by atoms with van der Waals surface area (Å²) < 4.78 is 14.2. The Morgan fingerprint density at radius 3 is 1.60 bits per heavy atom. The summed E-state index contributed by atoms with van der Waals surface area (Å²) in [7, 11) is 0.232. The average molecular weight is 389 g/mol. The second kappa shape index (κ2) is 9.99. The van der Waals surface area contributed by atoms with Crippen LogP contribution in [0.15, 0.2) is 0 Å². The summed E-state index contributed by atoms with van der Waals surface area (Å²) in [5, 5.41) is 0. The van der Waals surface area contributed by atoms with Crippen LogP contribution < -0.4 is 0 Å². The summed E-state index contributed by atoms with van der Waals surface area (Å²) in [6, 6.07) is 1.09. The summed E-state index contributed by atoms with van der Waals surface area (Å²) in [6.45, 7) is 23.1. The van der Waals surface area contributed by atoms with Crippen molar-refractivity contribution < 1.29 is 8.85 Å². The van der Waals surface area contributed by atoms with Crippen molar-refractivity contribution in [3.8, 4) is 0 Å². The molecule has 6 heteroatoms. The Morgan fingerprint density at radius 1 is 0.800 bits per heavy atom. The van der Waals surface area contributed by atoms with Crippen LogP contribution in [-0.4, -0.2) is 73.2 Å². The van der Waals surface area contributed by atoms with Gasteiger partial charge >= 0.3 is 8.56 Å². The Hall–Kier alpha value is 0.274. The molecule has 1 rings (SSSR count). The van der Waals surface area contributed by atoms with Crippen LogP contribution in [0.3, 0.4) is 0 Å². The molecular weight excluding hydrogens is 344 g/mol. The van der Waals surface area contributed by atoms with Gasteiger partial charge in [0, 0.05) is 40.4 Å². The van der Waals surface area contributed by atoms with Crippen molar-refractivity contribution in [2.45, 2.75) is 77.2 Å². The molecule has 150 valence electrons. The van der Waals surface area contributed by atoms with E-state index in [0.29, 0.717) is 0 Å². The summed E-state index contributed by atoms with van der Waals surface area (Å²) in [5.74, 6) is 0. The molecule has 0 atom stereocenters. The Balaban J connectivity index is 2.59. The van der Waals surface area contributed by atoms with E-state index in [1.54, 1.807) is 14.2 Å². The first kappa shape index (κ1) is 23.3. The Morgan fingerprint density at radius 2 is 1.24 bits per heavy atom. The van der Waals surface area contributed by atoms with Crippen molar-refractivity contribution in [3.63, 3.8) is 0 Å². The third kappa shape index (κ3) is 5.39. The highest BCUT2D eigenvalue weighted by atomic mass is 28.4. The maximum Gasteiger partial charge on any atom is 0.334 e. The largest absolute Gasteiger partial charge is 0.398 e. The predicted molar refractivity (Wildman–Crippen MR) is 114 cm³/mol. The van der Waals surface area contributed by atoms with E-state index in [1.165, 1.54) is 39.1 Å². The molecule has 0 aromatic carbocycles. The van der Waals surface area contributed by atoms with Gasteiger partial charge in [-0.1, -0.05) is 41.5 Å². The monoisotopic (exact) mass is 388 g/mol. The lowest BCUT2D eigenvalue weighted by Crippen LogP contribution is -2.65. The average Bonchev–Trinajstić information content (AvgIpc) is 2.55. The van der Waals surface area contributed by atoms with Gasteiger partial charge in [0.2, 0.25) is 0 Å². The van der Waals surface area contributed by atoms with Gasteiger partial charge in [-0.25, -0.2) is 0 Å². The van der Waals surface area contributed by atoms with Crippen LogP contribution in [0.25, 0.3) is 0 Å². The van der Waals surface area contributed by atoms with Crippen molar-refractivity contribution in [1.82, 2.24) is 9.47 Å². The van der Waals surface area contributed by atoms with Gasteiger partial charge in [0.25, 0.3) is 0 Å². The van der Waals surface area contributed by atoms with Gasteiger partial charge in [-0.3, -0.25) is 0 Å². The molecule has 25 heavy (non-hydrogen) atoms. The van der Waals surface area contributed by atoms with Crippen LogP contribution in [0.2, 0.25) is 29.2 Å². The SMILES string of the molecule is CO[Si](C)(CCCN1CCN([Si](C(C)C)(C(C)C)C(C)C)CC1)OC. The Kier molecular flexibility index (Phi) is 9.32. The van der Waals surface area contributed by atoms with Crippen molar-refractivity contribution in [3.05, 3.63) is 0 Å². The quantitative estimate of drug-likeness (QED) is 0.513. The second-order valence-electron chi connectivity index (χ2n) is 8.83. The molecule has 0 spiro atoms. The summed E-state index contributed by atoms with van der Waals surface area (Å²) >= 11 is 0. The lowest BCUT2D eigenvalue weighted by Gasteiger charge is -2.53. The summed E-state index contributed by atoms with van der Waals surface area (Å²) in [4.78, 5) is 2.65. The van der Waals surface area contributed by atoms with E-state index in [2.05, 4.69) is 57.6 Å². The van der Waals surface area contributed by atoms with Gasteiger partial charge in [0.1, 0.15) is 8.24 Å². The molecule has 0 saturated carbocycles. The summed E-state index contributed by atoms with van der Waals surface area (Å²) in [5.41, 5.74) is 2.44. The fraction of sp³-hybridized carbons (Fsp3) is 1.00. The Bertz CT molecular complexity index is 358. The molecule has 0 bridgehead atoms. The zero-order valence-corrected chi connectivity index (χ0v) is 20.4. The molecule has 0 aromatic heterocycles. The topological polar surface area (TPSA) is 24.9 Å². The van der Waals surface area contributed by atoms with Crippen LogP contribution in [0.1, 0.15) is 48.0 Å². The van der Waals surface area contributed by atoms with Crippen molar-refractivity contribution >= 4 is 16.8 Å². The highest BCUT2D eigenvalue weighted by molar-refractivity contribution is 6.81. The first-order chi connectivity index (χ1) is 11.6. The minimum Gasteiger partial charge on any atom is -0.398 e. The normalized spacial score (nSPS) is 18.7. The van der Waals surface area contributed by atoms with Gasteiger partial charge < -0.3 is 18.3 Å². The minimum absolute atomic E-state index is 0.814. The first-order valence-electron chi connectivity index (χ1n) is 10.2. The molecule has 0 aromatic rings. The van der Waals surface area contributed by atoms with Gasteiger partial charge in [-0.05, 0) is 42.2 Å². The predicted octanol–water partition coefficient (Wildman–Crippen LogP) is 4.53. The molecule has 1 saturated heterocycles. The molecule has 1 aliphatic heterocycles.